The predicted octanol–water partition coefficient (Wildman–Crippen LogP) is 1.01. The third-order valence-electron chi connectivity index (χ3n) is 3.30. The number of nitrogens with zero attached hydrogens (tertiary/aromatic N) is 1. The second kappa shape index (κ2) is 8.43. The molecule has 1 aliphatic rings. The molecule has 2 unspecified atom stereocenters. The summed E-state index contributed by atoms with van der Waals surface area (Å²) in [6.07, 6.45) is 4.59. The molecule has 1 fully saturated rings. The number of hydrogen-bond donors (Lipinski definition) is 1. The molecule has 1 saturated heterocycles. The number of nitrogens with two attached hydrogens (primary N) is 1. The van der Waals surface area contributed by atoms with Crippen LogP contribution in [0.3, 0.4) is 0 Å². The first-order valence-corrected chi connectivity index (χ1v) is 7.85. The van der Waals surface area contributed by atoms with Crippen molar-refractivity contribution >= 4 is 23.6 Å². The third kappa shape index (κ3) is 5.40. The monoisotopic (exact) mass is 288 g/mol. The molecule has 0 aromatic carbocycles. The van der Waals surface area contributed by atoms with Crippen molar-refractivity contribution in [3.05, 3.63) is 0 Å². The number of likely N-dealkylation sites (tertiary alicyclic amines) is 1. The van der Waals surface area contributed by atoms with Crippen molar-refractivity contribution in [2.24, 2.45) is 5.73 Å². The number of ether oxygens (including phenoxy) is 1. The Morgan fingerprint density at radius 2 is 1.84 bits per heavy atom. The van der Waals surface area contributed by atoms with E-state index < -0.39 is 12.0 Å². The van der Waals surface area contributed by atoms with Crippen molar-refractivity contribution in [2.75, 3.05) is 26.0 Å². The highest BCUT2D eigenvalue weighted by Crippen LogP contribution is 2.17. The second-order valence-electron chi connectivity index (χ2n) is 4.84. The fraction of sp³-hybridized carbons (Fsp3) is 0.846. The highest BCUT2D eigenvalue weighted by atomic mass is 32.2. The van der Waals surface area contributed by atoms with E-state index in [0.29, 0.717) is 5.75 Å². The molecule has 0 aromatic heterocycles. The van der Waals surface area contributed by atoms with E-state index in [2.05, 4.69) is 4.74 Å². The van der Waals surface area contributed by atoms with Crippen LogP contribution in [0.2, 0.25) is 0 Å². The van der Waals surface area contributed by atoms with Crippen LogP contribution < -0.4 is 5.73 Å². The van der Waals surface area contributed by atoms with E-state index in [0.717, 1.165) is 25.9 Å². The summed E-state index contributed by atoms with van der Waals surface area (Å²) in [5.41, 5.74) is 5.66. The van der Waals surface area contributed by atoms with Gasteiger partial charge >= 0.3 is 5.97 Å². The van der Waals surface area contributed by atoms with Gasteiger partial charge in [-0.3, -0.25) is 9.59 Å². The molecule has 0 saturated carbocycles. The Morgan fingerprint density at radius 1 is 1.26 bits per heavy atom. The van der Waals surface area contributed by atoms with Crippen LogP contribution >= 0.6 is 11.8 Å². The number of hydrogen-bond acceptors (Lipinski definition) is 5. The summed E-state index contributed by atoms with van der Waals surface area (Å²) in [5.74, 6) is 0.138. The largest absolute Gasteiger partial charge is 0.468 e. The predicted molar refractivity (Wildman–Crippen MR) is 77.0 cm³/mol. The van der Waals surface area contributed by atoms with Gasteiger partial charge < -0.3 is 15.4 Å². The molecule has 0 aliphatic carbocycles. The molecule has 1 aliphatic heterocycles. The van der Waals surface area contributed by atoms with Crippen LogP contribution in [0.25, 0.3) is 0 Å². The summed E-state index contributed by atoms with van der Waals surface area (Å²) in [6, 6.07) is -0.658. The molecule has 1 heterocycles. The molecule has 0 bridgehead atoms. The second-order valence-corrected chi connectivity index (χ2v) is 6.22. The zero-order valence-corrected chi connectivity index (χ0v) is 12.6. The molecule has 1 rings (SSSR count). The molecule has 6 heteroatoms. The summed E-state index contributed by atoms with van der Waals surface area (Å²) < 4.78 is 4.57. The maximum atomic E-state index is 12.3. The minimum absolute atomic E-state index is 0.156. The van der Waals surface area contributed by atoms with Crippen molar-refractivity contribution < 1.29 is 14.3 Å². The van der Waals surface area contributed by atoms with E-state index in [1.807, 2.05) is 11.8 Å². The maximum Gasteiger partial charge on any atom is 0.323 e. The molecule has 19 heavy (non-hydrogen) atoms. The van der Waals surface area contributed by atoms with Crippen LogP contribution in [-0.4, -0.2) is 54.0 Å². The lowest BCUT2D eigenvalue weighted by molar-refractivity contribution is -0.141. The highest BCUT2D eigenvalue weighted by Gasteiger charge is 2.23. The van der Waals surface area contributed by atoms with Crippen LogP contribution in [0.5, 0.6) is 0 Å². The van der Waals surface area contributed by atoms with E-state index in [-0.39, 0.29) is 11.2 Å². The molecule has 0 aromatic rings. The Balaban J connectivity index is 2.37. The van der Waals surface area contributed by atoms with E-state index in [9.17, 15) is 9.59 Å². The van der Waals surface area contributed by atoms with Crippen molar-refractivity contribution in [1.29, 1.82) is 0 Å². The first-order chi connectivity index (χ1) is 9.06. The topological polar surface area (TPSA) is 72.6 Å². The Morgan fingerprint density at radius 3 is 2.37 bits per heavy atom. The Kier molecular flexibility index (Phi) is 7.23. The van der Waals surface area contributed by atoms with Crippen LogP contribution in [0, 0.1) is 0 Å². The number of thioether (sulfide) groups is 1. The van der Waals surface area contributed by atoms with E-state index in [4.69, 9.17) is 5.73 Å². The van der Waals surface area contributed by atoms with Gasteiger partial charge in [0, 0.05) is 18.8 Å². The number of carbonyl (C=O) groups is 2. The van der Waals surface area contributed by atoms with Gasteiger partial charge in [-0.2, -0.15) is 0 Å². The van der Waals surface area contributed by atoms with Crippen LogP contribution in [0.4, 0.5) is 0 Å². The lowest BCUT2D eigenvalue weighted by Crippen LogP contribution is -2.39. The standard InChI is InChI=1S/C13H24N2O3S/c1-10(19-9-11(14)13(17)18-2)12(16)15-7-5-3-4-6-8-15/h10-11H,3-9,14H2,1-2H3. The quantitative estimate of drug-likeness (QED) is 0.764. The minimum atomic E-state index is -0.658. The van der Waals surface area contributed by atoms with Crippen molar-refractivity contribution in [2.45, 2.75) is 43.9 Å². The van der Waals surface area contributed by atoms with Gasteiger partial charge in [0.05, 0.1) is 12.4 Å². The van der Waals surface area contributed by atoms with Gasteiger partial charge in [-0.15, -0.1) is 11.8 Å². The lowest BCUT2D eigenvalue weighted by Gasteiger charge is -2.24. The fourth-order valence-corrected chi connectivity index (χ4v) is 3.01. The molecular weight excluding hydrogens is 264 g/mol. The molecule has 2 atom stereocenters. The van der Waals surface area contributed by atoms with Gasteiger partial charge in [-0.25, -0.2) is 0 Å². The van der Waals surface area contributed by atoms with Gasteiger partial charge in [0.25, 0.3) is 0 Å². The van der Waals surface area contributed by atoms with Gasteiger partial charge in [-0.05, 0) is 19.8 Å². The minimum Gasteiger partial charge on any atom is -0.468 e. The average Bonchev–Trinajstić information content (AvgIpc) is 2.71. The smallest absolute Gasteiger partial charge is 0.323 e. The number of carbonyl (C=O) groups excluding carboxylic acids is 2. The third-order valence-corrected chi connectivity index (χ3v) is 4.55. The molecular formula is C13H24N2O3S. The first-order valence-electron chi connectivity index (χ1n) is 6.80. The molecule has 5 nitrogen and oxygen atoms in total. The summed E-state index contributed by atoms with van der Waals surface area (Å²) >= 11 is 1.42. The molecule has 2 N–H and O–H groups in total. The zero-order valence-electron chi connectivity index (χ0n) is 11.8. The van der Waals surface area contributed by atoms with Crippen LogP contribution in [0.1, 0.15) is 32.6 Å². The number of rotatable bonds is 5. The van der Waals surface area contributed by atoms with Crippen molar-refractivity contribution in [1.82, 2.24) is 4.90 Å². The summed E-state index contributed by atoms with van der Waals surface area (Å²) in [4.78, 5) is 25.4. The SMILES string of the molecule is COC(=O)C(N)CSC(C)C(=O)N1CCCCCC1. The molecule has 0 radical (unpaired) electrons. The maximum absolute atomic E-state index is 12.3. The van der Waals surface area contributed by atoms with Crippen LogP contribution in [0.15, 0.2) is 0 Å². The number of amides is 1. The fourth-order valence-electron chi connectivity index (χ4n) is 2.09. The van der Waals surface area contributed by atoms with E-state index >= 15 is 0 Å². The summed E-state index contributed by atoms with van der Waals surface area (Å²) in [6.45, 7) is 3.58. The summed E-state index contributed by atoms with van der Waals surface area (Å²) in [5, 5.41) is -0.159. The Hall–Kier alpha value is -0.750. The number of esters is 1. The van der Waals surface area contributed by atoms with Gasteiger partial charge in [0.1, 0.15) is 6.04 Å². The van der Waals surface area contributed by atoms with E-state index in [1.165, 1.54) is 31.7 Å². The summed E-state index contributed by atoms with van der Waals surface area (Å²) in [7, 11) is 1.32. The first kappa shape index (κ1) is 16.3. The molecule has 0 spiro atoms. The lowest BCUT2D eigenvalue weighted by atomic mass is 10.2. The zero-order chi connectivity index (χ0) is 14.3. The Bertz CT molecular complexity index is 304. The average molecular weight is 288 g/mol. The van der Waals surface area contributed by atoms with E-state index in [1.54, 1.807) is 0 Å². The van der Waals surface area contributed by atoms with Crippen molar-refractivity contribution in [3.8, 4) is 0 Å². The molecule has 110 valence electrons. The number of methoxy groups -OCH3 is 1. The van der Waals surface area contributed by atoms with Gasteiger partial charge in [-0.1, -0.05) is 12.8 Å². The van der Waals surface area contributed by atoms with Crippen molar-refractivity contribution in [3.63, 3.8) is 0 Å². The van der Waals surface area contributed by atoms with Gasteiger partial charge in [0.15, 0.2) is 0 Å². The normalized spacial score (nSPS) is 19.4. The van der Waals surface area contributed by atoms with Crippen LogP contribution in [-0.2, 0) is 14.3 Å². The van der Waals surface area contributed by atoms with Gasteiger partial charge in [0.2, 0.25) is 5.91 Å². The Labute approximate surface area is 119 Å². The highest BCUT2D eigenvalue weighted by molar-refractivity contribution is 8.00. The molecule has 1 amide bonds.